The van der Waals surface area contributed by atoms with Gasteiger partial charge in [0.25, 0.3) is 0 Å². The van der Waals surface area contributed by atoms with E-state index in [1.165, 1.54) is 19.3 Å². The average molecular weight is 389 g/mol. The zero-order valence-electron chi connectivity index (χ0n) is 16.6. The van der Waals surface area contributed by atoms with Crippen LogP contribution in [-0.2, 0) is 9.47 Å². The zero-order valence-corrected chi connectivity index (χ0v) is 16.6. The predicted octanol–water partition coefficient (Wildman–Crippen LogP) is 3.26. The standard InChI is InChI=1S/C21H32N4O3/c26-21(23-17-8-9-20(22-14-17)24-10-2-1-3-11-24)25(15-18-6-4-12-27-18)16-19-7-5-13-28-19/h8-9,14,18-19H,1-7,10-13,15-16H2,(H,23,26)/t18-,19+. The van der Waals surface area contributed by atoms with Crippen LogP contribution in [0.5, 0.6) is 0 Å². The van der Waals surface area contributed by atoms with Crippen LogP contribution in [0, 0.1) is 0 Å². The highest BCUT2D eigenvalue weighted by Crippen LogP contribution is 2.21. The van der Waals surface area contributed by atoms with Gasteiger partial charge in [0.2, 0.25) is 0 Å². The summed E-state index contributed by atoms with van der Waals surface area (Å²) in [6, 6.07) is 3.86. The van der Waals surface area contributed by atoms with Gasteiger partial charge in [-0.2, -0.15) is 0 Å². The van der Waals surface area contributed by atoms with Crippen molar-refractivity contribution in [2.24, 2.45) is 0 Å². The SMILES string of the molecule is O=C(Nc1ccc(N2CCCCC2)nc1)N(C[C@H]1CCCO1)C[C@@H]1CCCO1. The normalized spacial score (nSPS) is 25.1. The molecule has 0 aromatic carbocycles. The lowest BCUT2D eigenvalue weighted by atomic mass is 10.1. The van der Waals surface area contributed by atoms with E-state index in [9.17, 15) is 4.79 Å². The Labute approximate surface area is 167 Å². The fourth-order valence-corrected chi connectivity index (χ4v) is 4.28. The quantitative estimate of drug-likeness (QED) is 0.810. The molecule has 0 radical (unpaired) electrons. The van der Waals surface area contributed by atoms with Gasteiger partial charge in [-0.15, -0.1) is 0 Å². The molecule has 0 saturated carbocycles. The molecule has 3 fully saturated rings. The number of nitrogens with one attached hydrogen (secondary N) is 1. The van der Waals surface area contributed by atoms with Gasteiger partial charge < -0.3 is 24.6 Å². The Hall–Kier alpha value is -1.86. The maximum absolute atomic E-state index is 12.9. The molecule has 7 heteroatoms. The highest BCUT2D eigenvalue weighted by Gasteiger charge is 2.27. The molecule has 3 aliphatic heterocycles. The Morgan fingerprint density at radius 2 is 1.71 bits per heavy atom. The molecule has 4 heterocycles. The third-order valence-corrected chi connectivity index (χ3v) is 5.86. The Balaban J connectivity index is 1.36. The lowest BCUT2D eigenvalue weighted by molar-refractivity contribution is 0.0524. The number of pyridine rings is 1. The van der Waals surface area contributed by atoms with Crippen molar-refractivity contribution in [2.45, 2.75) is 57.2 Å². The molecule has 0 unspecified atom stereocenters. The summed E-state index contributed by atoms with van der Waals surface area (Å²) in [4.78, 5) is 21.7. The molecule has 154 valence electrons. The van der Waals surface area contributed by atoms with Crippen LogP contribution in [0.2, 0.25) is 0 Å². The number of hydrogen-bond donors (Lipinski definition) is 1. The van der Waals surface area contributed by atoms with Crippen molar-refractivity contribution in [3.8, 4) is 0 Å². The first-order chi connectivity index (χ1) is 13.8. The van der Waals surface area contributed by atoms with Crippen molar-refractivity contribution in [2.75, 3.05) is 49.6 Å². The molecule has 0 aliphatic carbocycles. The van der Waals surface area contributed by atoms with Crippen LogP contribution in [0.3, 0.4) is 0 Å². The number of carbonyl (C=O) groups excluding carboxylic acids is 1. The number of nitrogens with zero attached hydrogens (tertiary/aromatic N) is 3. The van der Waals surface area contributed by atoms with Crippen molar-refractivity contribution >= 4 is 17.5 Å². The van der Waals surface area contributed by atoms with E-state index in [2.05, 4.69) is 15.2 Å². The zero-order chi connectivity index (χ0) is 19.2. The second-order valence-electron chi connectivity index (χ2n) is 8.06. The number of carbonyl (C=O) groups is 1. The first-order valence-electron chi connectivity index (χ1n) is 10.8. The van der Waals surface area contributed by atoms with Gasteiger partial charge in [-0.3, -0.25) is 0 Å². The van der Waals surface area contributed by atoms with Gasteiger partial charge in [-0.25, -0.2) is 9.78 Å². The molecule has 0 bridgehead atoms. The Bertz CT molecular complexity index is 603. The number of amides is 2. The summed E-state index contributed by atoms with van der Waals surface area (Å²) in [5.74, 6) is 0.994. The summed E-state index contributed by atoms with van der Waals surface area (Å²) in [5.41, 5.74) is 0.732. The van der Waals surface area contributed by atoms with Crippen LogP contribution in [0.15, 0.2) is 18.3 Å². The third kappa shape index (κ3) is 5.14. The van der Waals surface area contributed by atoms with Crippen LogP contribution in [0.25, 0.3) is 0 Å². The van der Waals surface area contributed by atoms with E-state index in [0.717, 1.165) is 63.5 Å². The van der Waals surface area contributed by atoms with E-state index in [1.807, 2.05) is 17.0 Å². The molecule has 4 rings (SSSR count). The number of urea groups is 1. The van der Waals surface area contributed by atoms with E-state index in [0.29, 0.717) is 13.1 Å². The topological polar surface area (TPSA) is 66.9 Å². The summed E-state index contributed by atoms with van der Waals surface area (Å²) >= 11 is 0. The van der Waals surface area contributed by atoms with E-state index >= 15 is 0 Å². The molecular formula is C21H32N4O3. The number of ether oxygens (including phenoxy) is 2. The number of piperidine rings is 1. The molecule has 2 amide bonds. The maximum atomic E-state index is 12.9. The van der Waals surface area contributed by atoms with E-state index < -0.39 is 0 Å². The second-order valence-corrected chi connectivity index (χ2v) is 8.06. The van der Waals surface area contributed by atoms with Gasteiger partial charge in [0, 0.05) is 39.4 Å². The Kier molecular flexibility index (Phi) is 6.65. The first kappa shape index (κ1) is 19.5. The molecule has 7 nitrogen and oxygen atoms in total. The van der Waals surface area contributed by atoms with Crippen LogP contribution in [-0.4, -0.2) is 67.5 Å². The van der Waals surface area contributed by atoms with Crippen molar-refractivity contribution < 1.29 is 14.3 Å². The van der Waals surface area contributed by atoms with Crippen LogP contribution in [0.1, 0.15) is 44.9 Å². The lowest BCUT2D eigenvalue weighted by Crippen LogP contribution is -2.44. The first-order valence-corrected chi connectivity index (χ1v) is 10.8. The minimum absolute atomic E-state index is 0.0986. The van der Waals surface area contributed by atoms with Gasteiger partial charge in [-0.05, 0) is 57.1 Å². The van der Waals surface area contributed by atoms with Gasteiger partial charge in [0.1, 0.15) is 5.82 Å². The highest BCUT2D eigenvalue weighted by atomic mass is 16.5. The molecule has 3 aliphatic rings. The molecule has 0 spiro atoms. The molecule has 1 aromatic rings. The minimum atomic E-state index is -0.0986. The fourth-order valence-electron chi connectivity index (χ4n) is 4.28. The minimum Gasteiger partial charge on any atom is -0.376 e. The van der Waals surface area contributed by atoms with E-state index in [4.69, 9.17) is 9.47 Å². The summed E-state index contributed by atoms with van der Waals surface area (Å²) in [6.45, 7) is 4.95. The number of aromatic nitrogens is 1. The molecular weight excluding hydrogens is 356 g/mol. The number of hydrogen-bond acceptors (Lipinski definition) is 5. The van der Waals surface area contributed by atoms with Crippen LogP contribution < -0.4 is 10.2 Å². The largest absolute Gasteiger partial charge is 0.376 e. The van der Waals surface area contributed by atoms with E-state index in [1.54, 1.807) is 6.20 Å². The Morgan fingerprint density at radius 3 is 2.25 bits per heavy atom. The third-order valence-electron chi connectivity index (χ3n) is 5.86. The molecule has 3 saturated heterocycles. The average Bonchev–Trinajstić information content (AvgIpc) is 3.43. The fraction of sp³-hybridized carbons (Fsp3) is 0.714. The summed E-state index contributed by atoms with van der Waals surface area (Å²) in [5, 5.41) is 3.01. The van der Waals surface area contributed by atoms with Gasteiger partial charge in [-0.1, -0.05) is 0 Å². The summed E-state index contributed by atoms with van der Waals surface area (Å²) in [7, 11) is 0. The predicted molar refractivity (Wildman–Crippen MR) is 109 cm³/mol. The maximum Gasteiger partial charge on any atom is 0.322 e. The highest BCUT2D eigenvalue weighted by molar-refractivity contribution is 5.89. The number of anilines is 2. The van der Waals surface area contributed by atoms with Crippen molar-refractivity contribution in [3.63, 3.8) is 0 Å². The molecule has 1 N–H and O–H groups in total. The van der Waals surface area contributed by atoms with Crippen molar-refractivity contribution in [3.05, 3.63) is 18.3 Å². The van der Waals surface area contributed by atoms with Crippen molar-refractivity contribution in [1.82, 2.24) is 9.88 Å². The van der Waals surface area contributed by atoms with Gasteiger partial charge in [0.05, 0.1) is 24.1 Å². The summed E-state index contributed by atoms with van der Waals surface area (Å²) < 4.78 is 11.5. The smallest absolute Gasteiger partial charge is 0.322 e. The van der Waals surface area contributed by atoms with Gasteiger partial charge >= 0.3 is 6.03 Å². The van der Waals surface area contributed by atoms with Crippen molar-refractivity contribution in [1.29, 1.82) is 0 Å². The van der Waals surface area contributed by atoms with Crippen LogP contribution >= 0.6 is 0 Å². The van der Waals surface area contributed by atoms with Gasteiger partial charge in [0.15, 0.2) is 0 Å². The summed E-state index contributed by atoms with van der Waals surface area (Å²) in [6.07, 6.45) is 9.95. The van der Waals surface area contributed by atoms with E-state index in [-0.39, 0.29) is 18.2 Å². The Morgan fingerprint density at radius 1 is 1.04 bits per heavy atom. The monoisotopic (exact) mass is 388 g/mol. The molecule has 1 aromatic heterocycles. The molecule has 2 atom stereocenters. The molecule has 28 heavy (non-hydrogen) atoms. The number of rotatable bonds is 6. The lowest BCUT2D eigenvalue weighted by Gasteiger charge is -2.29. The van der Waals surface area contributed by atoms with Crippen LogP contribution in [0.4, 0.5) is 16.3 Å². The second kappa shape index (κ2) is 9.56.